The van der Waals surface area contributed by atoms with E-state index in [0.717, 1.165) is 4.47 Å². The summed E-state index contributed by atoms with van der Waals surface area (Å²) in [6.07, 6.45) is 0. The summed E-state index contributed by atoms with van der Waals surface area (Å²) in [6.45, 7) is 7.50. The van der Waals surface area contributed by atoms with E-state index in [0.29, 0.717) is 50.5 Å². The van der Waals surface area contributed by atoms with Crippen molar-refractivity contribution < 1.29 is 9.59 Å². The van der Waals surface area contributed by atoms with E-state index in [1.165, 1.54) is 0 Å². The third-order valence-electron chi connectivity index (χ3n) is 4.12. The summed E-state index contributed by atoms with van der Waals surface area (Å²) in [5.74, 6) is -0.0788. The molecule has 0 saturated carbocycles. The molecule has 6 nitrogen and oxygen atoms in total. The molecular formula is C16H24BrClN4O2. The minimum absolute atomic E-state index is 0. The lowest BCUT2D eigenvalue weighted by Gasteiger charge is -2.37. The molecule has 0 bridgehead atoms. The van der Waals surface area contributed by atoms with Gasteiger partial charge >= 0.3 is 6.03 Å². The molecule has 24 heavy (non-hydrogen) atoms. The highest BCUT2D eigenvalue weighted by molar-refractivity contribution is 9.10. The zero-order valence-electron chi connectivity index (χ0n) is 14.0. The Balaban J connectivity index is 0.00000288. The number of nitrogens with two attached hydrogens (primary N) is 1. The van der Waals surface area contributed by atoms with Crippen molar-refractivity contribution in [1.29, 1.82) is 0 Å². The molecule has 1 saturated heterocycles. The van der Waals surface area contributed by atoms with E-state index >= 15 is 0 Å². The van der Waals surface area contributed by atoms with Crippen LogP contribution in [0.5, 0.6) is 0 Å². The summed E-state index contributed by atoms with van der Waals surface area (Å²) in [4.78, 5) is 30.3. The fraction of sp³-hybridized carbons (Fsp3) is 0.500. The number of halogens is 2. The number of carbonyl (C=O) groups is 2. The maximum atomic E-state index is 12.6. The third kappa shape index (κ3) is 4.54. The van der Waals surface area contributed by atoms with Gasteiger partial charge in [0.2, 0.25) is 0 Å². The van der Waals surface area contributed by atoms with Crippen molar-refractivity contribution in [1.82, 2.24) is 14.7 Å². The Labute approximate surface area is 157 Å². The first-order valence-corrected chi connectivity index (χ1v) is 8.65. The summed E-state index contributed by atoms with van der Waals surface area (Å²) < 4.78 is 0.848. The van der Waals surface area contributed by atoms with Gasteiger partial charge in [-0.1, -0.05) is 15.9 Å². The lowest BCUT2D eigenvalue weighted by atomic mass is 10.1. The number of hydrogen-bond acceptors (Lipinski definition) is 3. The van der Waals surface area contributed by atoms with Crippen molar-refractivity contribution in [3.05, 3.63) is 28.2 Å². The van der Waals surface area contributed by atoms with Gasteiger partial charge in [0.05, 0.1) is 5.56 Å². The van der Waals surface area contributed by atoms with Crippen molar-refractivity contribution in [2.24, 2.45) is 0 Å². The predicted octanol–water partition coefficient (Wildman–Crippen LogP) is 2.67. The number of nitrogen functional groups attached to an aromatic ring is 1. The number of piperazine rings is 1. The number of hydrogen-bond donors (Lipinski definition) is 1. The molecule has 0 aliphatic carbocycles. The normalized spacial score (nSPS) is 14.1. The van der Waals surface area contributed by atoms with Gasteiger partial charge in [-0.25, -0.2) is 4.79 Å². The van der Waals surface area contributed by atoms with Crippen LogP contribution in [0.2, 0.25) is 0 Å². The van der Waals surface area contributed by atoms with Crippen molar-refractivity contribution in [3.8, 4) is 0 Å². The van der Waals surface area contributed by atoms with Gasteiger partial charge in [-0.3, -0.25) is 4.79 Å². The molecule has 0 spiro atoms. The Morgan fingerprint density at radius 1 is 1.12 bits per heavy atom. The molecule has 2 rings (SSSR count). The first kappa shape index (κ1) is 20.6. The maximum absolute atomic E-state index is 12.6. The second-order valence-corrected chi connectivity index (χ2v) is 6.38. The van der Waals surface area contributed by atoms with Gasteiger partial charge in [-0.05, 0) is 32.0 Å². The highest BCUT2D eigenvalue weighted by atomic mass is 79.9. The van der Waals surface area contributed by atoms with E-state index in [-0.39, 0.29) is 24.3 Å². The van der Waals surface area contributed by atoms with Gasteiger partial charge in [0.25, 0.3) is 5.91 Å². The molecule has 8 heteroatoms. The minimum Gasteiger partial charge on any atom is -0.398 e. The lowest BCUT2D eigenvalue weighted by molar-refractivity contribution is 0.0642. The molecule has 3 amide bonds. The molecule has 1 aromatic carbocycles. The van der Waals surface area contributed by atoms with Crippen molar-refractivity contribution in [2.45, 2.75) is 13.8 Å². The van der Waals surface area contributed by atoms with Crippen LogP contribution in [0.25, 0.3) is 0 Å². The van der Waals surface area contributed by atoms with Crippen LogP contribution in [0.3, 0.4) is 0 Å². The number of benzene rings is 1. The van der Waals surface area contributed by atoms with Crippen LogP contribution >= 0.6 is 28.3 Å². The summed E-state index contributed by atoms with van der Waals surface area (Å²) in [6, 6.07) is 5.32. The van der Waals surface area contributed by atoms with Crippen LogP contribution in [-0.2, 0) is 0 Å². The molecule has 1 aliphatic heterocycles. The second-order valence-electron chi connectivity index (χ2n) is 5.47. The van der Waals surface area contributed by atoms with E-state index in [9.17, 15) is 9.59 Å². The monoisotopic (exact) mass is 418 g/mol. The Hall–Kier alpha value is -1.47. The highest BCUT2D eigenvalue weighted by Crippen LogP contribution is 2.20. The number of rotatable bonds is 3. The Morgan fingerprint density at radius 3 is 2.17 bits per heavy atom. The van der Waals surface area contributed by atoms with Crippen LogP contribution in [0.1, 0.15) is 24.2 Å². The third-order valence-corrected chi connectivity index (χ3v) is 4.61. The fourth-order valence-electron chi connectivity index (χ4n) is 2.69. The summed E-state index contributed by atoms with van der Waals surface area (Å²) in [5, 5.41) is 0. The summed E-state index contributed by atoms with van der Waals surface area (Å²) >= 11 is 3.34. The average Bonchev–Trinajstić information content (AvgIpc) is 2.55. The maximum Gasteiger partial charge on any atom is 0.320 e. The van der Waals surface area contributed by atoms with Crippen LogP contribution in [0.15, 0.2) is 22.7 Å². The van der Waals surface area contributed by atoms with E-state index in [1.54, 1.807) is 21.9 Å². The first-order valence-electron chi connectivity index (χ1n) is 7.86. The summed E-state index contributed by atoms with van der Waals surface area (Å²) in [5.41, 5.74) is 6.91. The molecule has 1 heterocycles. The number of amides is 3. The van der Waals surface area contributed by atoms with Gasteiger partial charge < -0.3 is 20.4 Å². The second kappa shape index (κ2) is 9.13. The zero-order valence-corrected chi connectivity index (χ0v) is 16.4. The van der Waals surface area contributed by atoms with Crippen LogP contribution in [-0.4, -0.2) is 65.9 Å². The molecule has 0 atom stereocenters. The zero-order chi connectivity index (χ0) is 17.0. The predicted molar refractivity (Wildman–Crippen MR) is 102 cm³/mol. The van der Waals surface area contributed by atoms with Crippen LogP contribution in [0, 0.1) is 0 Å². The van der Waals surface area contributed by atoms with Gasteiger partial charge in [0, 0.05) is 49.4 Å². The summed E-state index contributed by atoms with van der Waals surface area (Å²) in [7, 11) is 0. The van der Waals surface area contributed by atoms with E-state index < -0.39 is 0 Å². The van der Waals surface area contributed by atoms with E-state index in [4.69, 9.17) is 5.73 Å². The van der Waals surface area contributed by atoms with Crippen LogP contribution < -0.4 is 5.73 Å². The smallest absolute Gasteiger partial charge is 0.320 e. The van der Waals surface area contributed by atoms with Gasteiger partial charge in [0.15, 0.2) is 0 Å². The molecule has 1 fully saturated rings. The first-order chi connectivity index (χ1) is 11.0. The molecule has 2 N–H and O–H groups in total. The standard InChI is InChI=1S/C16H23BrN4O2.ClH/c1-3-19(4-2)16(23)21-9-7-20(8-10-21)15(22)13-6-5-12(17)11-14(13)18;/h5-6,11H,3-4,7-10,18H2,1-2H3;1H. The lowest BCUT2D eigenvalue weighted by Crippen LogP contribution is -2.54. The number of anilines is 1. The van der Waals surface area contributed by atoms with Gasteiger partial charge in [0.1, 0.15) is 0 Å². The Morgan fingerprint density at radius 2 is 1.67 bits per heavy atom. The fourth-order valence-corrected chi connectivity index (χ4v) is 3.07. The molecular weight excluding hydrogens is 396 g/mol. The number of urea groups is 1. The topological polar surface area (TPSA) is 69.9 Å². The van der Waals surface area contributed by atoms with Crippen molar-refractivity contribution in [2.75, 3.05) is 45.0 Å². The van der Waals surface area contributed by atoms with Crippen LogP contribution in [0.4, 0.5) is 10.5 Å². The Kier molecular flexibility index (Phi) is 7.83. The number of carbonyl (C=O) groups excluding carboxylic acids is 2. The van der Waals surface area contributed by atoms with Gasteiger partial charge in [-0.2, -0.15) is 0 Å². The van der Waals surface area contributed by atoms with Crippen molar-refractivity contribution >= 4 is 46.0 Å². The largest absolute Gasteiger partial charge is 0.398 e. The molecule has 1 aromatic rings. The van der Waals surface area contributed by atoms with E-state index in [1.807, 2.05) is 24.8 Å². The highest BCUT2D eigenvalue weighted by Gasteiger charge is 2.27. The molecule has 0 radical (unpaired) electrons. The van der Waals surface area contributed by atoms with E-state index in [2.05, 4.69) is 15.9 Å². The SMILES string of the molecule is CCN(CC)C(=O)N1CCN(C(=O)c2ccc(Br)cc2N)CC1.Cl. The van der Waals surface area contributed by atoms with Gasteiger partial charge in [-0.15, -0.1) is 12.4 Å². The molecule has 0 unspecified atom stereocenters. The minimum atomic E-state index is -0.0788. The molecule has 0 aromatic heterocycles. The Bertz CT molecular complexity index is 587. The number of nitrogens with zero attached hydrogens (tertiary/aromatic N) is 3. The van der Waals surface area contributed by atoms with Crippen molar-refractivity contribution in [3.63, 3.8) is 0 Å². The molecule has 1 aliphatic rings. The average molecular weight is 420 g/mol. The quantitative estimate of drug-likeness (QED) is 0.766. The molecule has 134 valence electrons.